The number of hydrogen-bond acceptors (Lipinski definition) is 5. The molecule has 5 nitrogen and oxygen atoms in total. The van der Waals surface area contributed by atoms with E-state index in [2.05, 4.69) is 34.4 Å². The first-order valence-electron chi connectivity index (χ1n) is 7.67. The van der Waals surface area contributed by atoms with Gasteiger partial charge in [-0.05, 0) is 26.2 Å². The van der Waals surface area contributed by atoms with E-state index >= 15 is 0 Å². The highest BCUT2D eigenvalue weighted by Crippen LogP contribution is 2.24. The smallest absolute Gasteiger partial charge is 0.224 e. The van der Waals surface area contributed by atoms with Crippen LogP contribution in [0.25, 0.3) is 0 Å². The maximum absolute atomic E-state index is 5.73. The number of hydrogen-bond donors (Lipinski definition) is 2. The van der Waals surface area contributed by atoms with Crippen molar-refractivity contribution in [1.29, 1.82) is 0 Å². The molecule has 1 aliphatic rings. The molecule has 0 saturated carbocycles. The van der Waals surface area contributed by atoms with Crippen LogP contribution >= 0.6 is 0 Å². The molecule has 1 fully saturated rings. The number of ether oxygens (including phenoxy) is 1. The van der Waals surface area contributed by atoms with Crippen LogP contribution in [-0.2, 0) is 4.74 Å². The van der Waals surface area contributed by atoms with E-state index in [1.807, 2.05) is 13.1 Å². The number of rotatable bonds is 7. The van der Waals surface area contributed by atoms with Crippen molar-refractivity contribution in [3.8, 4) is 0 Å². The Morgan fingerprint density at radius 1 is 1.35 bits per heavy atom. The lowest BCUT2D eigenvalue weighted by atomic mass is 10.00. The number of nitrogens with one attached hydrogen (secondary N) is 2. The van der Waals surface area contributed by atoms with Crippen molar-refractivity contribution < 1.29 is 4.74 Å². The van der Waals surface area contributed by atoms with E-state index < -0.39 is 0 Å². The maximum Gasteiger partial charge on any atom is 0.224 e. The zero-order chi connectivity index (χ0) is 14.4. The molecule has 20 heavy (non-hydrogen) atoms. The molecule has 2 unspecified atom stereocenters. The second kappa shape index (κ2) is 7.43. The van der Waals surface area contributed by atoms with Gasteiger partial charge in [0.15, 0.2) is 0 Å². The molecule has 1 aromatic heterocycles. The molecule has 0 radical (unpaired) electrons. The highest BCUT2D eigenvalue weighted by molar-refractivity contribution is 5.46. The van der Waals surface area contributed by atoms with Gasteiger partial charge in [-0.3, -0.25) is 0 Å². The van der Waals surface area contributed by atoms with Gasteiger partial charge in [0.2, 0.25) is 5.95 Å². The highest BCUT2D eigenvalue weighted by atomic mass is 16.5. The molecule has 2 rings (SSSR count). The summed E-state index contributed by atoms with van der Waals surface area (Å²) in [5.74, 6) is 2.22. The summed E-state index contributed by atoms with van der Waals surface area (Å²) in [5.41, 5.74) is 1.08. The number of nitrogens with zero attached hydrogens (tertiary/aromatic N) is 2. The third kappa shape index (κ3) is 3.82. The Kier molecular flexibility index (Phi) is 5.59. The van der Waals surface area contributed by atoms with Gasteiger partial charge in [-0.15, -0.1) is 0 Å². The summed E-state index contributed by atoms with van der Waals surface area (Å²) in [7, 11) is 0. The van der Waals surface area contributed by atoms with Crippen LogP contribution in [0.4, 0.5) is 11.8 Å². The molecular formula is C15H26N4O. The van der Waals surface area contributed by atoms with Crippen molar-refractivity contribution in [3.63, 3.8) is 0 Å². The molecule has 1 saturated heterocycles. The van der Waals surface area contributed by atoms with E-state index in [0.717, 1.165) is 50.3 Å². The molecule has 0 bridgehead atoms. The fourth-order valence-electron chi connectivity index (χ4n) is 2.55. The quantitative estimate of drug-likeness (QED) is 0.803. The Balaban J connectivity index is 1.94. The third-order valence-electron chi connectivity index (χ3n) is 3.79. The molecule has 0 aromatic carbocycles. The molecule has 1 aliphatic heterocycles. The summed E-state index contributed by atoms with van der Waals surface area (Å²) in [4.78, 5) is 8.85. The van der Waals surface area contributed by atoms with E-state index in [9.17, 15) is 0 Å². The first kappa shape index (κ1) is 15.0. The zero-order valence-electron chi connectivity index (χ0n) is 12.8. The molecule has 1 aromatic rings. The lowest BCUT2D eigenvalue weighted by Crippen LogP contribution is -2.23. The molecule has 0 spiro atoms. The van der Waals surface area contributed by atoms with Crippen LogP contribution in [0.2, 0.25) is 0 Å². The minimum absolute atomic E-state index is 0.391. The number of anilines is 2. The first-order chi connectivity index (χ1) is 9.74. The van der Waals surface area contributed by atoms with Crippen LogP contribution in [0.1, 0.15) is 38.7 Å². The predicted molar refractivity (Wildman–Crippen MR) is 82.2 cm³/mol. The average Bonchev–Trinajstić information content (AvgIpc) is 2.92. The third-order valence-corrected chi connectivity index (χ3v) is 3.79. The molecule has 112 valence electrons. The normalized spacial score (nSPS) is 21.9. The first-order valence-corrected chi connectivity index (χ1v) is 7.67. The summed E-state index contributed by atoms with van der Waals surface area (Å²) in [6.45, 7) is 9.06. The predicted octanol–water partition coefficient (Wildman–Crippen LogP) is 2.83. The van der Waals surface area contributed by atoms with Crippen molar-refractivity contribution in [2.24, 2.45) is 5.92 Å². The van der Waals surface area contributed by atoms with Gasteiger partial charge >= 0.3 is 0 Å². The number of aryl methyl sites for hydroxylation is 1. The van der Waals surface area contributed by atoms with Gasteiger partial charge in [0.05, 0.1) is 6.10 Å². The van der Waals surface area contributed by atoms with Gasteiger partial charge in [-0.1, -0.05) is 13.8 Å². The molecule has 0 amide bonds. The van der Waals surface area contributed by atoms with Crippen LogP contribution in [0.5, 0.6) is 0 Å². The van der Waals surface area contributed by atoms with Crippen molar-refractivity contribution in [2.75, 3.05) is 30.3 Å². The summed E-state index contributed by atoms with van der Waals surface area (Å²) in [5, 5.41) is 6.69. The van der Waals surface area contributed by atoms with Crippen molar-refractivity contribution in [2.45, 2.75) is 46.1 Å². The molecule has 2 atom stereocenters. The highest BCUT2D eigenvalue weighted by Gasteiger charge is 2.26. The monoisotopic (exact) mass is 278 g/mol. The zero-order valence-corrected chi connectivity index (χ0v) is 12.8. The van der Waals surface area contributed by atoms with Gasteiger partial charge < -0.3 is 15.4 Å². The van der Waals surface area contributed by atoms with E-state index in [-0.39, 0.29) is 0 Å². The molecule has 5 heteroatoms. The number of aromatic nitrogens is 2. The van der Waals surface area contributed by atoms with Crippen molar-refractivity contribution in [3.05, 3.63) is 11.8 Å². The van der Waals surface area contributed by atoms with Gasteiger partial charge in [0.1, 0.15) is 5.82 Å². The maximum atomic E-state index is 5.73. The Morgan fingerprint density at radius 2 is 2.20 bits per heavy atom. The van der Waals surface area contributed by atoms with E-state index in [1.54, 1.807) is 0 Å². The lowest BCUT2D eigenvalue weighted by molar-refractivity contribution is 0.0900. The molecule has 2 heterocycles. The molecular weight excluding hydrogens is 252 g/mol. The second-order valence-corrected chi connectivity index (χ2v) is 5.40. The van der Waals surface area contributed by atoms with Crippen LogP contribution in [0.3, 0.4) is 0 Å². The standard InChI is InChI=1S/C15H26N4O/c1-4-7-16-15-18-9-11(3)14(19-15)17-10-12-6-8-20-13(12)5-2/h9,12-13H,4-8,10H2,1-3H3,(H2,16,17,18,19). The van der Waals surface area contributed by atoms with Gasteiger partial charge in [0, 0.05) is 37.4 Å². The van der Waals surface area contributed by atoms with Crippen LogP contribution < -0.4 is 10.6 Å². The van der Waals surface area contributed by atoms with Gasteiger partial charge in [-0.2, -0.15) is 4.98 Å². The Morgan fingerprint density at radius 3 is 2.95 bits per heavy atom. The van der Waals surface area contributed by atoms with Crippen LogP contribution in [0, 0.1) is 12.8 Å². The minimum Gasteiger partial charge on any atom is -0.378 e. The van der Waals surface area contributed by atoms with Gasteiger partial charge in [0.25, 0.3) is 0 Å². The fraction of sp³-hybridized carbons (Fsp3) is 0.733. The topological polar surface area (TPSA) is 59.1 Å². The Bertz CT molecular complexity index is 424. The summed E-state index contributed by atoms with van der Waals surface area (Å²) in [6.07, 6.45) is 5.55. The summed E-state index contributed by atoms with van der Waals surface area (Å²) < 4.78 is 5.73. The fourth-order valence-corrected chi connectivity index (χ4v) is 2.55. The van der Waals surface area contributed by atoms with Crippen LogP contribution in [-0.4, -0.2) is 35.8 Å². The Hall–Kier alpha value is -1.36. The average molecular weight is 278 g/mol. The van der Waals surface area contributed by atoms with Crippen LogP contribution in [0.15, 0.2) is 6.20 Å². The SMILES string of the molecule is CCCNc1ncc(C)c(NCC2CCOC2CC)n1. The second-order valence-electron chi connectivity index (χ2n) is 5.40. The summed E-state index contributed by atoms with van der Waals surface area (Å²) in [6, 6.07) is 0. The summed E-state index contributed by atoms with van der Waals surface area (Å²) >= 11 is 0. The van der Waals surface area contributed by atoms with E-state index in [0.29, 0.717) is 18.0 Å². The van der Waals surface area contributed by atoms with Crippen molar-refractivity contribution >= 4 is 11.8 Å². The molecule has 2 N–H and O–H groups in total. The molecule has 0 aliphatic carbocycles. The van der Waals surface area contributed by atoms with E-state index in [1.165, 1.54) is 0 Å². The lowest BCUT2D eigenvalue weighted by Gasteiger charge is -2.18. The van der Waals surface area contributed by atoms with Gasteiger partial charge in [-0.25, -0.2) is 4.98 Å². The Labute approximate surface area is 121 Å². The minimum atomic E-state index is 0.391. The van der Waals surface area contributed by atoms with Crippen molar-refractivity contribution in [1.82, 2.24) is 9.97 Å². The largest absolute Gasteiger partial charge is 0.378 e. The van der Waals surface area contributed by atoms with E-state index in [4.69, 9.17) is 4.74 Å².